The van der Waals surface area contributed by atoms with Crippen LogP contribution in [0.3, 0.4) is 0 Å². The molecule has 0 aliphatic rings. The fourth-order valence-corrected chi connectivity index (χ4v) is 2.95. The van der Waals surface area contributed by atoms with E-state index in [1.165, 1.54) is 5.69 Å². The molecule has 0 saturated heterocycles. The van der Waals surface area contributed by atoms with Gasteiger partial charge in [0.05, 0.1) is 18.3 Å². The van der Waals surface area contributed by atoms with E-state index in [0.29, 0.717) is 0 Å². The highest BCUT2D eigenvalue weighted by molar-refractivity contribution is 7.98. The van der Waals surface area contributed by atoms with Crippen LogP contribution in [0.25, 0.3) is 0 Å². The van der Waals surface area contributed by atoms with Gasteiger partial charge in [0, 0.05) is 49.2 Å². The second-order valence-corrected chi connectivity index (χ2v) is 6.24. The Morgan fingerprint density at radius 1 is 1.26 bits per heavy atom. The number of H-pyrrole nitrogens is 2. The smallest absolute Gasteiger partial charge is 0.191 e. The first kappa shape index (κ1) is 17.4. The van der Waals surface area contributed by atoms with E-state index in [2.05, 4.69) is 42.5 Å². The first-order valence-corrected chi connectivity index (χ1v) is 8.93. The van der Waals surface area contributed by atoms with Crippen LogP contribution in [-0.2, 0) is 12.2 Å². The van der Waals surface area contributed by atoms with Crippen LogP contribution in [0.4, 0.5) is 0 Å². The molecule has 2 rings (SSSR count). The number of aryl methyl sites for hydroxylation is 2. The molecule has 126 valence electrons. The number of imidazole rings is 2. The Labute approximate surface area is 141 Å². The zero-order valence-electron chi connectivity index (χ0n) is 13.7. The molecule has 4 N–H and O–H groups in total. The third-order valence-corrected chi connectivity index (χ3v) is 4.38. The third-order valence-electron chi connectivity index (χ3n) is 3.41. The summed E-state index contributed by atoms with van der Waals surface area (Å²) in [7, 11) is 1.80. The number of aromatic nitrogens is 4. The van der Waals surface area contributed by atoms with Gasteiger partial charge in [-0.15, -0.1) is 0 Å². The fraction of sp³-hybridized carbons (Fsp3) is 0.533. The Morgan fingerprint density at radius 3 is 2.83 bits per heavy atom. The summed E-state index contributed by atoms with van der Waals surface area (Å²) in [5.41, 5.74) is 3.45. The van der Waals surface area contributed by atoms with Crippen molar-refractivity contribution < 1.29 is 0 Å². The summed E-state index contributed by atoms with van der Waals surface area (Å²) in [6.45, 7) is 3.82. The maximum absolute atomic E-state index is 4.30. The fourth-order valence-electron chi connectivity index (χ4n) is 2.07. The molecule has 0 amide bonds. The van der Waals surface area contributed by atoms with Gasteiger partial charge in [-0.3, -0.25) is 4.99 Å². The predicted octanol–water partition coefficient (Wildman–Crippen LogP) is 1.47. The Balaban J connectivity index is 1.52. The summed E-state index contributed by atoms with van der Waals surface area (Å²) in [5.74, 6) is 2.81. The Hall–Kier alpha value is -1.96. The van der Waals surface area contributed by atoms with Gasteiger partial charge in [0.25, 0.3) is 0 Å². The number of guanidine groups is 1. The van der Waals surface area contributed by atoms with E-state index < -0.39 is 0 Å². The summed E-state index contributed by atoms with van der Waals surface area (Å²) in [5, 5.41) is 6.65. The van der Waals surface area contributed by atoms with Gasteiger partial charge in [0.1, 0.15) is 0 Å². The van der Waals surface area contributed by atoms with Crippen LogP contribution in [0, 0.1) is 6.92 Å². The van der Waals surface area contributed by atoms with E-state index in [9.17, 15) is 0 Å². The van der Waals surface area contributed by atoms with Gasteiger partial charge in [-0.25, -0.2) is 9.97 Å². The van der Waals surface area contributed by atoms with E-state index in [-0.39, 0.29) is 0 Å². The van der Waals surface area contributed by atoms with Crippen LogP contribution < -0.4 is 10.6 Å². The molecule has 0 spiro atoms. The molecule has 0 atom stereocenters. The molecular weight excluding hydrogens is 310 g/mol. The summed E-state index contributed by atoms with van der Waals surface area (Å²) in [4.78, 5) is 18.7. The maximum atomic E-state index is 4.30. The molecule has 0 saturated carbocycles. The van der Waals surface area contributed by atoms with Crippen molar-refractivity contribution in [3.63, 3.8) is 0 Å². The summed E-state index contributed by atoms with van der Waals surface area (Å²) < 4.78 is 0. The summed E-state index contributed by atoms with van der Waals surface area (Å²) >= 11 is 1.87. The number of hydrogen-bond donors (Lipinski definition) is 4. The maximum Gasteiger partial charge on any atom is 0.191 e. The van der Waals surface area contributed by atoms with Crippen molar-refractivity contribution in [2.75, 3.05) is 25.9 Å². The monoisotopic (exact) mass is 335 g/mol. The summed E-state index contributed by atoms with van der Waals surface area (Å²) in [6, 6.07) is 0. The minimum Gasteiger partial charge on any atom is -0.356 e. The number of hydrogen-bond acceptors (Lipinski definition) is 4. The molecule has 0 radical (unpaired) electrons. The van der Waals surface area contributed by atoms with Crippen molar-refractivity contribution in [1.29, 1.82) is 0 Å². The lowest BCUT2D eigenvalue weighted by atomic mass is 10.2. The number of aliphatic imine (C=N–C) groups is 1. The van der Waals surface area contributed by atoms with Crippen LogP contribution in [0.2, 0.25) is 0 Å². The van der Waals surface area contributed by atoms with Crippen LogP contribution in [0.1, 0.15) is 23.5 Å². The van der Waals surface area contributed by atoms with Crippen molar-refractivity contribution in [2.45, 2.75) is 25.5 Å². The van der Waals surface area contributed by atoms with Crippen LogP contribution in [-0.4, -0.2) is 51.8 Å². The van der Waals surface area contributed by atoms with Crippen LogP contribution in [0.15, 0.2) is 23.8 Å². The molecule has 0 bridgehead atoms. The molecular formula is C15H25N7S. The second-order valence-electron chi connectivity index (χ2n) is 5.13. The second kappa shape index (κ2) is 9.94. The number of rotatable bonds is 9. The largest absolute Gasteiger partial charge is 0.356 e. The predicted molar refractivity (Wildman–Crippen MR) is 95.8 cm³/mol. The molecule has 2 heterocycles. The van der Waals surface area contributed by atoms with Gasteiger partial charge < -0.3 is 20.6 Å². The minimum atomic E-state index is 0.853. The molecule has 0 aromatic carbocycles. The van der Waals surface area contributed by atoms with Crippen LogP contribution >= 0.6 is 11.8 Å². The standard InChI is InChI=1S/C15H25N7S/c1-12-14(22-11-20-12)9-23-7-6-19-15(16-2)18-5-3-4-13-8-17-10-21-13/h8,10-11H,3-7,9H2,1-2H3,(H,17,21)(H,20,22)(H2,16,18,19). The van der Waals surface area contributed by atoms with Gasteiger partial charge in [-0.1, -0.05) is 0 Å². The first-order chi connectivity index (χ1) is 11.3. The molecule has 2 aromatic rings. The van der Waals surface area contributed by atoms with Gasteiger partial charge in [-0.05, 0) is 19.8 Å². The number of thioether (sulfide) groups is 1. The lowest BCUT2D eigenvalue weighted by Crippen LogP contribution is -2.38. The van der Waals surface area contributed by atoms with Gasteiger partial charge in [0.2, 0.25) is 0 Å². The van der Waals surface area contributed by atoms with E-state index in [1.54, 1.807) is 19.7 Å². The Morgan fingerprint density at radius 2 is 2.13 bits per heavy atom. The number of nitrogens with zero attached hydrogens (tertiary/aromatic N) is 3. The van der Waals surface area contributed by atoms with Gasteiger partial charge >= 0.3 is 0 Å². The molecule has 2 aromatic heterocycles. The van der Waals surface area contributed by atoms with Crippen molar-refractivity contribution in [1.82, 2.24) is 30.6 Å². The lowest BCUT2D eigenvalue weighted by Gasteiger charge is -2.11. The molecule has 0 unspecified atom stereocenters. The van der Waals surface area contributed by atoms with Crippen molar-refractivity contribution in [3.8, 4) is 0 Å². The Bertz CT molecular complexity index is 576. The zero-order valence-corrected chi connectivity index (χ0v) is 14.5. The van der Waals surface area contributed by atoms with Gasteiger partial charge in [-0.2, -0.15) is 11.8 Å². The molecule has 23 heavy (non-hydrogen) atoms. The molecule has 8 heteroatoms. The molecule has 0 fully saturated rings. The minimum absolute atomic E-state index is 0.853. The third kappa shape index (κ3) is 6.35. The van der Waals surface area contributed by atoms with Gasteiger partial charge in [0.15, 0.2) is 5.96 Å². The highest BCUT2D eigenvalue weighted by atomic mass is 32.2. The number of aromatic amines is 2. The lowest BCUT2D eigenvalue weighted by molar-refractivity contribution is 0.741. The summed E-state index contributed by atoms with van der Waals surface area (Å²) in [6.07, 6.45) is 7.36. The van der Waals surface area contributed by atoms with Crippen molar-refractivity contribution >= 4 is 17.7 Å². The average Bonchev–Trinajstić information content (AvgIpc) is 3.21. The highest BCUT2D eigenvalue weighted by Crippen LogP contribution is 2.11. The van der Waals surface area contributed by atoms with E-state index in [0.717, 1.165) is 54.8 Å². The molecule has 0 aliphatic heterocycles. The van der Waals surface area contributed by atoms with Crippen LogP contribution in [0.5, 0.6) is 0 Å². The van der Waals surface area contributed by atoms with Crippen molar-refractivity contribution in [2.24, 2.45) is 4.99 Å². The Kier molecular flexibility index (Phi) is 7.51. The zero-order chi connectivity index (χ0) is 16.3. The topological polar surface area (TPSA) is 93.8 Å². The molecule has 0 aliphatic carbocycles. The van der Waals surface area contributed by atoms with E-state index >= 15 is 0 Å². The van der Waals surface area contributed by atoms with E-state index in [1.807, 2.05) is 18.0 Å². The van der Waals surface area contributed by atoms with E-state index in [4.69, 9.17) is 0 Å². The van der Waals surface area contributed by atoms with Crippen molar-refractivity contribution in [3.05, 3.63) is 35.9 Å². The molecule has 7 nitrogen and oxygen atoms in total. The normalized spacial score (nSPS) is 11.7. The number of nitrogens with one attached hydrogen (secondary N) is 4. The first-order valence-electron chi connectivity index (χ1n) is 7.78. The highest BCUT2D eigenvalue weighted by Gasteiger charge is 2.01. The SMILES string of the molecule is CN=C(NCCCc1cnc[nH]1)NCCSCc1nc[nH]c1C. The average molecular weight is 335 g/mol. The quantitative estimate of drug-likeness (QED) is 0.316.